The zero-order chi connectivity index (χ0) is 14.9. The largest absolute Gasteiger partial charge is 0.289 e. The van der Waals surface area contributed by atoms with Crippen molar-refractivity contribution in [3.8, 4) is 0 Å². The van der Waals surface area contributed by atoms with E-state index in [0.717, 1.165) is 0 Å². The zero-order valence-electron chi connectivity index (χ0n) is 9.81. The average molecular weight is 350 g/mol. The molecule has 0 aliphatic heterocycles. The van der Waals surface area contributed by atoms with E-state index in [2.05, 4.69) is 0 Å². The van der Waals surface area contributed by atoms with E-state index in [1.807, 2.05) is 0 Å². The number of ketones is 1. The lowest BCUT2D eigenvalue weighted by Gasteiger charge is -2.09. The van der Waals surface area contributed by atoms with Crippen LogP contribution in [0.25, 0.3) is 0 Å². The molecule has 0 unspecified atom stereocenters. The third-order valence-corrected chi connectivity index (χ3v) is 4.55. The predicted molar refractivity (Wildman–Crippen MR) is 79.4 cm³/mol. The zero-order valence-corrected chi connectivity index (χ0v) is 12.9. The Bertz CT molecular complexity index is 771. The van der Waals surface area contributed by atoms with E-state index >= 15 is 0 Å². The minimum absolute atomic E-state index is 0.149. The third kappa shape index (κ3) is 3.15. The van der Waals surface area contributed by atoms with Crippen molar-refractivity contribution in [1.82, 2.24) is 0 Å². The van der Waals surface area contributed by atoms with Gasteiger partial charge in [-0.05, 0) is 12.1 Å². The van der Waals surface area contributed by atoms with Crippen LogP contribution < -0.4 is 0 Å². The summed E-state index contributed by atoms with van der Waals surface area (Å²) < 4.78 is 23.2. The lowest BCUT2D eigenvalue weighted by molar-refractivity contribution is 0.103. The molecule has 3 nitrogen and oxygen atoms in total. The molecule has 0 radical (unpaired) electrons. The van der Waals surface area contributed by atoms with Gasteiger partial charge in [-0.25, -0.2) is 8.42 Å². The molecule has 0 spiro atoms. The van der Waals surface area contributed by atoms with E-state index in [1.54, 1.807) is 30.3 Å². The SMILES string of the molecule is O=C(c1ccccc1)c1cc(Cl)cc(Cl)c1S(=O)(=O)Cl. The molecule has 104 valence electrons. The molecule has 0 aliphatic rings. The summed E-state index contributed by atoms with van der Waals surface area (Å²) in [5, 5.41) is -0.0369. The lowest BCUT2D eigenvalue weighted by Crippen LogP contribution is -2.08. The Labute approximate surface area is 130 Å². The van der Waals surface area contributed by atoms with Gasteiger partial charge in [-0.3, -0.25) is 4.79 Å². The van der Waals surface area contributed by atoms with Crippen LogP contribution in [0.15, 0.2) is 47.4 Å². The van der Waals surface area contributed by atoms with Crippen molar-refractivity contribution in [3.63, 3.8) is 0 Å². The molecule has 0 fully saturated rings. The van der Waals surface area contributed by atoms with Crippen LogP contribution in [-0.4, -0.2) is 14.2 Å². The molecular weight excluding hydrogens is 343 g/mol. The van der Waals surface area contributed by atoms with Gasteiger partial charge in [0.25, 0.3) is 9.05 Å². The van der Waals surface area contributed by atoms with Crippen LogP contribution in [0.3, 0.4) is 0 Å². The number of rotatable bonds is 3. The Kier molecular flexibility index (Phi) is 4.39. The smallest absolute Gasteiger partial charge is 0.263 e. The lowest BCUT2D eigenvalue weighted by atomic mass is 10.0. The monoisotopic (exact) mass is 348 g/mol. The van der Waals surface area contributed by atoms with E-state index in [1.165, 1.54) is 12.1 Å². The van der Waals surface area contributed by atoms with E-state index in [9.17, 15) is 13.2 Å². The van der Waals surface area contributed by atoms with Gasteiger partial charge in [0.2, 0.25) is 0 Å². The van der Waals surface area contributed by atoms with Crippen LogP contribution in [0.1, 0.15) is 15.9 Å². The summed E-state index contributed by atoms with van der Waals surface area (Å²) >= 11 is 11.7. The number of hydrogen-bond donors (Lipinski definition) is 0. The molecule has 2 aromatic carbocycles. The number of carbonyl (C=O) groups excluding carboxylic acids is 1. The van der Waals surface area contributed by atoms with Gasteiger partial charge < -0.3 is 0 Å². The summed E-state index contributed by atoms with van der Waals surface area (Å²) in [5.74, 6) is -0.519. The summed E-state index contributed by atoms with van der Waals surface area (Å²) in [6.45, 7) is 0. The summed E-state index contributed by atoms with van der Waals surface area (Å²) in [6, 6.07) is 10.6. The second kappa shape index (κ2) is 5.74. The Hall–Kier alpha value is -1.07. The van der Waals surface area contributed by atoms with Crippen molar-refractivity contribution in [3.05, 3.63) is 63.6 Å². The van der Waals surface area contributed by atoms with Gasteiger partial charge in [0.15, 0.2) is 5.78 Å². The summed E-state index contributed by atoms with van der Waals surface area (Å²) in [7, 11) is 1.17. The molecule has 7 heteroatoms. The molecular formula is C13H7Cl3O3S. The molecule has 0 atom stereocenters. The van der Waals surface area contributed by atoms with Crippen LogP contribution in [0.5, 0.6) is 0 Å². The van der Waals surface area contributed by atoms with Gasteiger partial charge in [0.05, 0.1) is 5.02 Å². The topological polar surface area (TPSA) is 51.2 Å². The van der Waals surface area contributed by atoms with Crippen molar-refractivity contribution in [2.75, 3.05) is 0 Å². The van der Waals surface area contributed by atoms with Crippen LogP contribution in [0.2, 0.25) is 10.0 Å². The highest BCUT2D eigenvalue weighted by Crippen LogP contribution is 2.33. The Morgan fingerprint density at radius 3 is 2.15 bits per heavy atom. The van der Waals surface area contributed by atoms with Crippen LogP contribution in [-0.2, 0) is 9.05 Å². The fourth-order valence-corrected chi connectivity index (χ4v) is 3.84. The second-order valence-corrected chi connectivity index (χ2v) is 7.24. The fourth-order valence-electron chi connectivity index (χ4n) is 1.72. The third-order valence-electron chi connectivity index (χ3n) is 2.53. The van der Waals surface area contributed by atoms with Gasteiger partial charge in [-0.2, -0.15) is 0 Å². The molecule has 0 amide bonds. The first-order valence-corrected chi connectivity index (χ1v) is 8.40. The van der Waals surface area contributed by atoms with Crippen molar-refractivity contribution >= 4 is 48.7 Å². The van der Waals surface area contributed by atoms with Crippen molar-refractivity contribution in [2.45, 2.75) is 4.90 Å². The summed E-state index contributed by atoms with van der Waals surface area (Å²) in [6.07, 6.45) is 0. The maximum atomic E-state index is 12.4. The molecule has 2 rings (SSSR count). The molecule has 0 heterocycles. The molecule has 0 aromatic heterocycles. The molecule has 20 heavy (non-hydrogen) atoms. The minimum atomic E-state index is -4.17. The van der Waals surface area contributed by atoms with Crippen molar-refractivity contribution in [1.29, 1.82) is 0 Å². The van der Waals surface area contributed by atoms with Gasteiger partial charge >= 0.3 is 0 Å². The number of benzene rings is 2. The average Bonchev–Trinajstić information content (AvgIpc) is 2.36. The van der Waals surface area contributed by atoms with E-state index in [0.29, 0.717) is 5.56 Å². The predicted octanol–water partition coefficient (Wildman–Crippen LogP) is 4.15. The second-order valence-electron chi connectivity index (χ2n) is 3.90. The fraction of sp³-hybridized carbons (Fsp3) is 0. The highest BCUT2D eigenvalue weighted by atomic mass is 35.7. The van der Waals surface area contributed by atoms with Crippen molar-refractivity contribution in [2.24, 2.45) is 0 Å². The molecule has 0 aliphatic carbocycles. The van der Waals surface area contributed by atoms with Gasteiger partial charge in [-0.1, -0.05) is 53.5 Å². The Morgan fingerprint density at radius 2 is 1.60 bits per heavy atom. The first-order valence-electron chi connectivity index (χ1n) is 5.34. The normalized spacial score (nSPS) is 11.3. The van der Waals surface area contributed by atoms with Crippen LogP contribution >= 0.6 is 33.9 Å². The highest BCUT2D eigenvalue weighted by Gasteiger charge is 2.25. The quantitative estimate of drug-likeness (QED) is 0.618. The van der Waals surface area contributed by atoms with E-state index in [-0.39, 0.29) is 15.6 Å². The van der Waals surface area contributed by atoms with Crippen LogP contribution in [0, 0.1) is 0 Å². The highest BCUT2D eigenvalue weighted by molar-refractivity contribution is 8.13. The van der Waals surface area contributed by atoms with Gasteiger partial charge in [0.1, 0.15) is 4.90 Å². The maximum Gasteiger partial charge on any atom is 0.263 e. The minimum Gasteiger partial charge on any atom is -0.289 e. The first-order chi connectivity index (χ1) is 9.30. The number of carbonyl (C=O) groups is 1. The van der Waals surface area contributed by atoms with Crippen molar-refractivity contribution < 1.29 is 13.2 Å². The Balaban J connectivity index is 2.71. The van der Waals surface area contributed by atoms with Crippen LogP contribution in [0.4, 0.5) is 0 Å². The molecule has 0 saturated carbocycles. The maximum absolute atomic E-state index is 12.4. The number of halogens is 3. The summed E-state index contributed by atoms with van der Waals surface area (Å²) in [5.41, 5.74) is 0.163. The summed E-state index contributed by atoms with van der Waals surface area (Å²) in [4.78, 5) is 11.9. The van der Waals surface area contributed by atoms with Gasteiger partial charge in [-0.15, -0.1) is 0 Å². The molecule has 0 saturated heterocycles. The van der Waals surface area contributed by atoms with E-state index in [4.69, 9.17) is 33.9 Å². The first kappa shape index (κ1) is 15.3. The Morgan fingerprint density at radius 1 is 1.00 bits per heavy atom. The number of hydrogen-bond acceptors (Lipinski definition) is 3. The molecule has 2 aromatic rings. The van der Waals surface area contributed by atoms with E-state index < -0.39 is 19.7 Å². The van der Waals surface area contributed by atoms with Gasteiger partial charge in [0, 0.05) is 26.8 Å². The molecule has 0 N–H and O–H groups in total. The standard InChI is InChI=1S/C13H7Cl3O3S/c14-9-6-10(12(17)8-4-2-1-3-5-8)13(11(15)7-9)20(16,18)19/h1-7H. The molecule has 0 bridgehead atoms.